The Morgan fingerprint density at radius 2 is 1.87 bits per heavy atom. The van der Waals surface area contributed by atoms with Gasteiger partial charge in [-0.15, -0.1) is 0 Å². The molecule has 2 rings (SSSR count). The van der Waals surface area contributed by atoms with Crippen molar-refractivity contribution in [2.45, 2.75) is 6.92 Å². The fourth-order valence-corrected chi connectivity index (χ4v) is 1.89. The highest BCUT2D eigenvalue weighted by molar-refractivity contribution is 5.93. The zero-order valence-corrected chi connectivity index (χ0v) is 8.34. The molecule has 78 valence electrons. The molecular formula is C11H9F2NO. The van der Waals surface area contributed by atoms with Crippen LogP contribution in [0.3, 0.4) is 0 Å². The molecule has 0 N–H and O–H groups in total. The Labute approximate surface area is 85.1 Å². The minimum Gasteiger partial charge on any atom is -0.339 e. The molecule has 1 aromatic heterocycles. The number of benzene rings is 1. The maximum absolute atomic E-state index is 13.5. The van der Waals surface area contributed by atoms with Crippen LogP contribution < -0.4 is 0 Å². The normalized spacial score (nSPS) is 10.9. The number of aldehydes is 1. The molecule has 0 saturated heterocycles. The number of nitrogens with zero attached hydrogens (tertiary/aromatic N) is 1. The maximum atomic E-state index is 13.5. The van der Waals surface area contributed by atoms with Gasteiger partial charge in [-0.3, -0.25) is 4.79 Å². The quantitative estimate of drug-likeness (QED) is 0.661. The first-order valence-electron chi connectivity index (χ1n) is 4.46. The van der Waals surface area contributed by atoms with Crippen LogP contribution in [0.15, 0.2) is 12.1 Å². The van der Waals surface area contributed by atoms with E-state index in [-0.39, 0.29) is 10.9 Å². The van der Waals surface area contributed by atoms with E-state index in [4.69, 9.17) is 0 Å². The third-order valence-corrected chi connectivity index (χ3v) is 2.65. The molecule has 0 fully saturated rings. The lowest BCUT2D eigenvalue weighted by atomic mass is 10.1. The summed E-state index contributed by atoms with van der Waals surface area (Å²) in [6.07, 6.45) is 0.605. The Morgan fingerprint density at radius 3 is 2.40 bits per heavy atom. The summed E-state index contributed by atoms with van der Waals surface area (Å²) in [5.74, 6) is -1.03. The lowest BCUT2D eigenvalue weighted by molar-refractivity contribution is 0.111. The standard InChI is InChI=1S/C11H9F2NO/c1-6-9(5-15)14(2)11-8(13)4-3-7(12)10(6)11/h3-5H,1-2H3. The smallest absolute Gasteiger partial charge is 0.166 e. The van der Waals surface area contributed by atoms with Gasteiger partial charge in [0.05, 0.1) is 11.2 Å². The number of carbonyl (C=O) groups is 1. The van der Waals surface area contributed by atoms with E-state index in [0.717, 1.165) is 12.1 Å². The van der Waals surface area contributed by atoms with E-state index >= 15 is 0 Å². The van der Waals surface area contributed by atoms with Crippen molar-refractivity contribution in [2.75, 3.05) is 0 Å². The van der Waals surface area contributed by atoms with Crippen LogP contribution in [0.4, 0.5) is 8.78 Å². The topological polar surface area (TPSA) is 22.0 Å². The minimum atomic E-state index is -0.523. The van der Waals surface area contributed by atoms with Crippen molar-refractivity contribution in [3.63, 3.8) is 0 Å². The summed E-state index contributed by atoms with van der Waals surface area (Å²) >= 11 is 0. The molecule has 1 heterocycles. The van der Waals surface area contributed by atoms with Crippen LogP contribution in [0, 0.1) is 18.6 Å². The van der Waals surface area contributed by atoms with Crippen LogP contribution in [0.25, 0.3) is 10.9 Å². The van der Waals surface area contributed by atoms with Gasteiger partial charge >= 0.3 is 0 Å². The van der Waals surface area contributed by atoms with E-state index in [1.54, 1.807) is 14.0 Å². The van der Waals surface area contributed by atoms with Crippen molar-refractivity contribution in [1.82, 2.24) is 4.57 Å². The van der Waals surface area contributed by atoms with E-state index < -0.39 is 11.6 Å². The van der Waals surface area contributed by atoms with Crippen molar-refractivity contribution in [1.29, 1.82) is 0 Å². The number of hydrogen-bond acceptors (Lipinski definition) is 1. The second-order valence-electron chi connectivity index (χ2n) is 3.44. The fraction of sp³-hybridized carbons (Fsp3) is 0.182. The van der Waals surface area contributed by atoms with Gasteiger partial charge < -0.3 is 4.57 Å². The predicted octanol–water partition coefficient (Wildman–Crippen LogP) is 2.58. The Bertz CT molecular complexity index is 512. The SMILES string of the molecule is Cc1c(C=O)n(C)c2c(F)ccc(F)c12. The van der Waals surface area contributed by atoms with Crippen molar-refractivity contribution in [2.24, 2.45) is 7.05 Å². The van der Waals surface area contributed by atoms with Crippen LogP contribution >= 0.6 is 0 Å². The number of hydrogen-bond donors (Lipinski definition) is 0. The van der Waals surface area contributed by atoms with Crippen molar-refractivity contribution in [3.05, 3.63) is 35.0 Å². The van der Waals surface area contributed by atoms with Crippen molar-refractivity contribution < 1.29 is 13.6 Å². The Balaban J connectivity index is 3.07. The molecule has 0 saturated carbocycles. The highest BCUT2D eigenvalue weighted by Crippen LogP contribution is 2.28. The van der Waals surface area contributed by atoms with Crippen LogP contribution in [0.2, 0.25) is 0 Å². The molecule has 2 nitrogen and oxygen atoms in total. The first kappa shape index (κ1) is 9.83. The predicted molar refractivity (Wildman–Crippen MR) is 53.0 cm³/mol. The Kier molecular flexibility index (Phi) is 2.07. The third kappa shape index (κ3) is 1.17. The number of halogens is 2. The number of aryl methyl sites for hydroxylation is 2. The molecular weight excluding hydrogens is 200 g/mol. The van der Waals surface area contributed by atoms with Gasteiger partial charge in [-0.1, -0.05) is 0 Å². The third-order valence-electron chi connectivity index (χ3n) is 2.65. The van der Waals surface area contributed by atoms with E-state index in [9.17, 15) is 13.6 Å². The van der Waals surface area contributed by atoms with Crippen LogP contribution in [-0.4, -0.2) is 10.9 Å². The molecule has 0 spiro atoms. The van der Waals surface area contributed by atoms with Crippen molar-refractivity contribution >= 4 is 17.2 Å². The van der Waals surface area contributed by atoms with Crippen LogP contribution in [0.5, 0.6) is 0 Å². The van der Waals surface area contributed by atoms with Gasteiger partial charge in [-0.2, -0.15) is 0 Å². The van der Waals surface area contributed by atoms with Gasteiger partial charge in [-0.05, 0) is 24.6 Å². The summed E-state index contributed by atoms with van der Waals surface area (Å²) in [7, 11) is 1.54. The molecule has 0 radical (unpaired) electrons. The zero-order chi connectivity index (χ0) is 11.2. The summed E-state index contributed by atoms with van der Waals surface area (Å²) < 4.78 is 28.3. The fourth-order valence-electron chi connectivity index (χ4n) is 1.89. The lowest BCUT2D eigenvalue weighted by Gasteiger charge is -1.99. The van der Waals surface area contributed by atoms with E-state index in [2.05, 4.69) is 0 Å². The van der Waals surface area contributed by atoms with Gasteiger partial charge in [0.1, 0.15) is 11.6 Å². The molecule has 1 aromatic carbocycles. The summed E-state index contributed by atoms with van der Waals surface area (Å²) in [5.41, 5.74) is 0.906. The maximum Gasteiger partial charge on any atom is 0.166 e. The first-order chi connectivity index (χ1) is 7.07. The molecule has 15 heavy (non-hydrogen) atoms. The summed E-state index contributed by atoms with van der Waals surface area (Å²) in [5, 5.41) is 0.180. The molecule has 2 aromatic rings. The van der Waals surface area contributed by atoms with Gasteiger partial charge in [0, 0.05) is 12.4 Å². The first-order valence-corrected chi connectivity index (χ1v) is 4.46. The Morgan fingerprint density at radius 1 is 1.27 bits per heavy atom. The lowest BCUT2D eigenvalue weighted by Crippen LogP contribution is -1.96. The average Bonchev–Trinajstić information content (AvgIpc) is 2.46. The molecule has 0 aliphatic carbocycles. The second-order valence-corrected chi connectivity index (χ2v) is 3.44. The highest BCUT2D eigenvalue weighted by atomic mass is 19.1. The van der Waals surface area contributed by atoms with E-state index in [1.165, 1.54) is 4.57 Å². The minimum absolute atomic E-state index is 0.134. The van der Waals surface area contributed by atoms with Gasteiger partial charge in [0.15, 0.2) is 6.29 Å². The molecule has 0 aliphatic heterocycles. The van der Waals surface area contributed by atoms with Gasteiger partial charge in [0.2, 0.25) is 0 Å². The van der Waals surface area contributed by atoms with Crippen molar-refractivity contribution in [3.8, 4) is 0 Å². The summed E-state index contributed by atoms with van der Waals surface area (Å²) in [4.78, 5) is 10.8. The Hall–Kier alpha value is -1.71. The molecule has 0 amide bonds. The molecule has 0 atom stereocenters. The number of fused-ring (bicyclic) bond motifs is 1. The van der Waals surface area contributed by atoms with E-state index in [0.29, 0.717) is 17.5 Å². The monoisotopic (exact) mass is 209 g/mol. The van der Waals surface area contributed by atoms with Gasteiger partial charge in [-0.25, -0.2) is 8.78 Å². The van der Waals surface area contributed by atoms with E-state index in [1.807, 2.05) is 0 Å². The summed E-state index contributed by atoms with van der Waals surface area (Å²) in [6, 6.07) is 2.13. The zero-order valence-electron chi connectivity index (χ0n) is 8.34. The number of carbonyl (C=O) groups excluding carboxylic acids is 1. The van der Waals surface area contributed by atoms with Crippen LogP contribution in [-0.2, 0) is 7.05 Å². The molecule has 0 aliphatic rings. The number of rotatable bonds is 1. The largest absolute Gasteiger partial charge is 0.339 e. The van der Waals surface area contributed by atoms with Gasteiger partial charge in [0.25, 0.3) is 0 Å². The molecule has 0 bridgehead atoms. The van der Waals surface area contributed by atoms with Crippen LogP contribution in [0.1, 0.15) is 16.1 Å². The highest BCUT2D eigenvalue weighted by Gasteiger charge is 2.17. The summed E-state index contributed by atoms with van der Waals surface area (Å²) in [6.45, 7) is 1.61. The number of aromatic nitrogens is 1. The second kappa shape index (κ2) is 3.15. The average molecular weight is 209 g/mol. The molecule has 0 unspecified atom stereocenters. The molecule has 4 heteroatoms.